The third kappa shape index (κ3) is 4.83. The van der Waals surface area contributed by atoms with E-state index in [2.05, 4.69) is 75.7 Å². The fourth-order valence-corrected chi connectivity index (χ4v) is 5.48. The molecule has 6 heteroatoms. The van der Waals surface area contributed by atoms with Crippen LogP contribution in [0.3, 0.4) is 0 Å². The third-order valence-electron chi connectivity index (χ3n) is 7.61. The van der Waals surface area contributed by atoms with Crippen LogP contribution in [0, 0.1) is 5.92 Å². The van der Waals surface area contributed by atoms with E-state index < -0.39 is 0 Å². The Hall–Kier alpha value is -2.86. The van der Waals surface area contributed by atoms with Crippen LogP contribution >= 0.6 is 0 Å². The maximum Gasteiger partial charge on any atom is 0.225 e. The van der Waals surface area contributed by atoms with Crippen LogP contribution in [-0.4, -0.2) is 64.5 Å². The number of nitrogens with zero attached hydrogens (tertiary/aromatic N) is 5. The molecule has 2 fully saturated rings. The summed E-state index contributed by atoms with van der Waals surface area (Å²) in [6.45, 7) is 8.49. The van der Waals surface area contributed by atoms with E-state index in [0.29, 0.717) is 5.91 Å². The number of rotatable bonds is 6. The van der Waals surface area contributed by atoms with Crippen molar-refractivity contribution in [3.8, 4) is 0 Å². The highest BCUT2D eigenvalue weighted by molar-refractivity contribution is 5.79. The molecular weight excluding hydrogens is 422 g/mol. The fourth-order valence-electron chi connectivity index (χ4n) is 5.48. The Morgan fingerprint density at radius 3 is 2.32 bits per heavy atom. The molecule has 3 heterocycles. The Morgan fingerprint density at radius 2 is 1.65 bits per heavy atom. The van der Waals surface area contributed by atoms with E-state index in [9.17, 15) is 4.79 Å². The van der Waals surface area contributed by atoms with Gasteiger partial charge in [0.25, 0.3) is 0 Å². The van der Waals surface area contributed by atoms with Gasteiger partial charge < -0.3 is 14.4 Å². The number of anilines is 1. The zero-order valence-electron chi connectivity index (χ0n) is 20.6. The maximum atomic E-state index is 13.2. The molecule has 0 atom stereocenters. The SMILES string of the molecule is CCCc1ccc(N2CCN(C(=O)C3CCN(Cc4nc5ccccc5n4C)CC3)CC2)cc1. The maximum absolute atomic E-state index is 13.2. The number of aryl methyl sites for hydroxylation is 2. The zero-order chi connectivity index (χ0) is 23.5. The summed E-state index contributed by atoms with van der Waals surface area (Å²) in [5.74, 6) is 1.63. The first-order chi connectivity index (χ1) is 16.6. The first-order valence-electron chi connectivity index (χ1n) is 12.9. The van der Waals surface area contributed by atoms with E-state index in [1.54, 1.807) is 0 Å². The first-order valence-corrected chi connectivity index (χ1v) is 12.9. The molecule has 5 rings (SSSR count). The van der Waals surface area contributed by atoms with Gasteiger partial charge in [-0.15, -0.1) is 0 Å². The monoisotopic (exact) mass is 459 g/mol. The minimum atomic E-state index is 0.163. The second kappa shape index (κ2) is 10.2. The lowest BCUT2D eigenvalue weighted by Crippen LogP contribution is -2.51. The van der Waals surface area contributed by atoms with Gasteiger partial charge in [0.1, 0.15) is 5.82 Å². The largest absolute Gasteiger partial charge is 0.368 e. The number of hydrogen-bond donors (Lipinski definition) is 0. The Bertz CT molecular complexity index is 1110. The second-order valence-corrected chi connectivity index (χ2v) is 9.85. The Kier molecular flexibility index (Phi) is 6.86. The van der Waals surface area contributed by atoms with Gasteiger partial charge in [0, 0.05) is 44.8 Å². The highest BCUT2D eigenvalue weighted by Gasteiger charge is 2.30. The average molecular weight is 460 g/mol. The number of fused-ring (bicyclic) bond motifs is 1. The molecule has 6 nitrogen and oxygen atoms in total. The van der Waals surface area contributed by atoms with Crippen LogP contribution in [-0.2, 0) is 24.8 Å². The summed E-state index contributed by atoms with van der Waals surface area (Å²) < 4.78 is 2.20. The van der Waals surface area contributed by atoms with E-state index >= 15 is 0 Å². The molecule has 180 valence electrons. The minimum absolute atomic E-state index is 0.163. The van der Waals surface area contributed by atoms with Gasteiger partial charge in [0.2, 0.25) is 5.91 Å². The number of likely N-dealkylation sites (tertiary alicyclic amines) is 1. The predicted molar refractivity (Wildman–Crippen MR) is 138 cm³/mol. The Morgan fingerprint density at radius 1 is 0.941 bits per heavy atom. The topological polar surface area (TPSA) is 44.6 Å². The molecule has 3 aromatic rings. The molecule has 1 aromatic heterocycles. The number of hydrogen-bond acceptors (Lipinski definition) is 4. The number of aromatic nitrogens is 2. The highest BCUT2D eigenvalue weighted by atomic mass is 16.2. The van der Waals surface area contributed by atoms with Crippen molar-refractivity contribution in [2.45, 2.75) is 39.2 Å². The van der Waals surface area contributed by atoms with Gasteiger partial charge in [-0.25, -0.2) is 4.98 Å². The van der Waals surface area contributed by atoms with Crippen molar-refractivity contribution in [3.63, 3.8) is 0 Å². The lowest BCUT2D eigenvalue weighted by molar-refractivity contribution is -0.137. The van der Waals surface area contributed by atoms with Crippen molar-refractivity contribution in [1.82, 2.24) is 19.4 Å². The smallest absolute Gasteiger partial charge is 0.225 e. The van der Waals surface area contributed by atoms with Crippen molar-refractivity contribution in [2.24, 2.45) is 13.0 Å². The fraction of sp³-hybridized carbons (Fsp3) is 0.500. The van der Waals surface area contributed by atoms with E-state index in [1.807, 2.05) is 6.07 Å². The predicted octanol–water partition coefficient (Wildman–Crippen LogP) is 4.09. The third-order valence-corrected chi connectivity index (χ3v) is 7.61. The number of amides is 1. The normalized spacial score (nSPS) is 18.1. The van der Waals surface area contributed by atoms with Crippen LogP contribution in [0.15, 0.2) is 48.5 Å². The van der Waals surface area contributed by atoms with Crippen LogP contribution in [0.4, 0.5) is 5.69 Å². The van der Waals surface area contributed by atoms with Gasteiger partial charge >= 0.3 is 0 Å². The van der Waals surface area contributed by atoms with Gasteiger partial charge in [-0.3, -0.25) is 9.69 Å². The lowest BCUT2D eigenvalue weighted by atomic mass is 9.95. The number of imidazole rings is 1. The van der Waals surface area contributed by atoms with E-state index in [-0.39, 0.29) is 5.92 Å². The standard InChI is InChI=1S/C28H37N5O/c1-3-6-22-9-11-24(12-10-22)32-17-19-33(20-18-32)28(34)23-13-15-31(16-14-23)21-27-29-25-7-4-5-8-26(25)30(27)2/h4-5,7-12,23H,3,6,13-21H2,1-2H3. The summed E-state index contributed by atoms with van der Waals surface area (Å²) >= 11 is 0. The van der Waals surface area contributed by atoms with Crippen LogP contribution in [0.1, 0.15) is 37.6 Å². The van der Waals surface area contributed by atoms with Crippen molar-refractivity contribution in [1.29, 1.82) is 0 Å². The van der Waals surface area contributed by atoms with Crippen molar-refractivity contribution >= 4 is 22.6 Å². The molecule has 1 amide bonds. The average Bonchev–Trinajstić information content (AvgIpc) is 3.20. The van der Waals surface area contributed by atoms with Gasteiger partial charge in [0.15, 0.2) is 0 Å². The quantitative estimate of drug-likeness (QED) is 0.557. The summed E-state index contributed by atoms with van der Waals surface area (Å²) in [4.78, 5) is 25.0. The minimum Gasteiger partial charge on any atom is -0.368 e. The van der Waals surface area contributed by atoms with Crippen molar-refractivity contribution in [2.75, 3.05) is 44.2 Å². The van der Waals surface area contributed by atoms with Gasteiger partial charge in [-0.05, 0) is 62.2 Å². The number of benzene rings is 2. The first kappa shape index (κ1) is 22.9. The molecule has 2 aliphatic heterocycles. The molecular formula is C28H37N5O. The summed E-state index contributed by atoms with van der Waals surface area (Å²) in [6.07, 6.45) is 4.21. The van der Waals surface area contributed by atoms with Crippen LogP contribution in [0.5, 0.6) is 0 Å². The van der Waals surface area contributed by atoms with Crippen LogP contribution in [0.25, 0.3) is 11.0 Å². The molecule has 0 unspecified atom stereocenters. The molecule has 0 spiro atoms. The van der Waals surface area contributed by atoms with E-state index in [0.717, 1.165) is 76.4 Å². The Balaban J connectivity index is 1.10. The summed E-state index contributed by atoms with van der Waals surface area (Å²) in [5.41, 5.74) is 4.92. The molecule has 34 heavy (non-hydrogen) atoms. The number of para-hydroxylation sites is 2. The number of carbonyl (C=O) groups is 1. The summed E-state index contributed by atoms with van der Waals surface area (Å²) in [5, 5.41) is 0. The highest BCUT2D eigenvalue weighted by Crippen LogP contribution is 2.24. The molecule has 0 aliphatic carbocycles. The molecule has 0 bridgehead atoms. The summed E-state index contributed by atoms with van der Waals surface area (Å²) in [7, 11) is 2.10. The molecule has 2 aliphatic rings. The summed E-state index contributed by atoms with van der Waals surface area (Å²) in [6, 6.07) is 17.3. The Labute approximate surface area is 203 Å². The number of piperidine rings is 1. The number of carbonyl (C=O) groups excluding carboxylic acids is 1. The second-order valence-electron chi connectivity index (χ2n) is 9.85. The van der Waals surface area contributed by atoms with Crippen molar-refractivity contribution < 1.29 is 4.79 Å². The molecule has 0 N–H and O–H groups in total. The van der Waals surface area contributed by atoms with E-state index in [1.165, 1.54) is 23.2 Å². The van der Waals surface area contributed by atoms with Gasteiger partial charge in [-0.1, -0.05) is 37.6 Å². The van der Waals surface area contributed by atoms with Crippen LogP contribution in [0.2, 0.25) is 0 Å². The lowest BCUT2D eigenvalue weighted by Gasteiger charge is -2.39. The zero-order valence-corrected chi connectivity index (χ0v) is 20.6. The molecule has 2 saturated heterocycles. The molecule has 0 saturated carbocycles. The van der Waals surface area contributed by atoms with Crippen LogP contribution < -0.4 is 4.90 Å². The van der Waals surface area contributed by atoms with Gasteiger partial charge in [0.05, 0.1) is 17.6 Å². The molecule has 2 aromatic carbocycles. The van der Waals surface area contributed by atoms with Gasteiger partial charge in [-0.2, -0.15) is 0 Å². The van der Waals surface area contributed by atoms with Crippen molar-refractivity contribution in [3.05, 3.63) is 59.9 Å². The molecule has 0 radical (unpaired) electrons. The van der Waals surface area contributed by atoms with E-state index in [4.69, 9.17) is 4.98 Å². The number of piperazine rings is 1.